The van der Waals surface area contributed by atoms with Crippen LogP contribution in [0, 0.1) is 13.8 Å². The average Bonchev–Trinajstić information content (AvgIpc) is 2.85. The van der Waals surface area contributed by atoms with Crippen LogP contribution in [0.5, 0.6) is 11.5 Å². The molecule has 0 aromatic heterocycles. The lowest BCUT2D eigenvalue weighted by Gasteiger charge is -2.32. The fraction of sp³-hybridized carbons (Fsp3) is 0.500. The molecule has 0 saturated heterocycles. The molecule has 1 saturated carbocycles. The first-order chi connectivity index (χ1) is 16.4. The highest BCUT2D eigenvalue weighted by Gasteiger charge is 2.30. The van der Waals surface area contributed by atoms with E-state index in [1.807, 2.05) is 63.2 Å². The first-order valence-electron chi connectivity index (χ1n) is 12.3. The summed E-state index contributed by atoms with van der Waals surface area (Å²) in [5.41, 5.74) is 3.22. The van der Waals surface area contributed by atoms with E-state index in [0.717, 1.165) is 42.6 Å². The second-order valence-corrected chi connectivity index (χ2v) is 9.17. The van der Waals surface area contributed by atoms with Crippen molar-refractivity contribution in [2.24, 2.45) is 0 Å². The molecule has 6 nitrogen and oxygen atoms in total. The third-order valence-electron chi connectivity index (χ3n) is 6.69. The van der Waals surface area contributed by atoms with Crippen LogP contribution in [0.1, 0.15) is 62.1 Å². The molecule has 34 heavy (non-hydrogen) atoms. The van der Waals surface area contributed by atoms with Crippen LogP contribution < -0.4 is 14.8 Å². The van der Waals surface area contributed by atoms with Gasteiger partial charge in [-0.1, -0.05) is 44.4 Å². The number of ether oxygens (including phenoxy) is 2. The van der Waals surface area contributed by atoms with Crippen LogP contribution in [-0.2, 0) is 16.1 Å². The lowest BCUT2D eigenvalue weighted by molar-refractivity contribution is -0.143. The molecule has 1 N–H and O–H groups in total. The van der Waals surface area contributed by atoms with Crippen molar-refractivity contribution < 1.29 is 19.1 Å². The maximum absolute atomic E-state index is 13.4. The summed E-state index contributed by atoms with van der Waals surface area (Å²) in [5, 5.41) is 3.20. The molecule has 1 fully saturated rings. The van der Waals surface area contributed by atoms with E-state index in [9.17, 15) is 9.59 Å². The van der Waals surface area contributed by atoms with Gasteiger partial charge in [0.25, 0.3) is 5.91 Å². The first-order valence-corrected chi connectivity index (χ1v) is 12.3. The molecule has 1 unspecified atom stereocenters. The minimum Gasteiger partial charge on any atom is -0.497 e. The van der Waals surface area contributed by atoms with Crippen LogP contribution >= 0.6 is 0 Å². The summed E-state index contributed by atoms with van der Waals surface area (Å²) >= 11 is 0. The summed E-state index contributed by atoms with van der Waals surface area (Å²) in [6, 6.07) is 13.0. The first kappa shape index (κ1) is 25.6. The highest BCUT2D eigenvalue weighted by atomic mass is 16.5. The van der Waals surface area contributed by atoms with Crippen molar-refractivity contribution in [1.29, 1.82) is 0 Å². The van der Waals surface area contributed by atoms with Crippen molar-refractivity contribution in [3.63, 3.8) is 0 Å². The number of benzene rings is 2. The summed E-state index contributed by atoms with van der Waals surface area (Å²) in [7, 11) is 1.62. The molecule has 2 amide bonds. The molecular formula is C28H38N2O4. The molecule has 184 valence electrons. The topological polar surface area (TPSA) is 67.9 Å². The Morgan fingerprint density at radius 1 is 1.00 bits per heavy atom. The third kappa shape index (κ3) is 6.99. The third-order valence-corrected chi connectivity index (χ3v) is 6.69. The molecule has 3 rings (SSSR count). The van der Waals surface area contributed by atoms with E-state index in [1.54, 1.807) is 12.0 Å². The van der Waals surface area contributed by atoms with Crippen LogP contribution in [0.4, 0.5) is 0 Å². The molecule has 6 heteroatoms. The summed E-state index contributed by atoms with van der Waals surface area (Å²) in [6.07, 6.45) is 6.04. The van der Waals surface area contributed by atoms with E-state index in [1.165, 1.54) is 12.0 Å². The molecule has 0 aliphatic heterocycles. The normalized spacial score (nSPS) is 14.8. The van der Waals surface area contributed by atoms with E-state index in [0.29, 0.717) is 18.7 Å². The number of aryl methyl sites for hydroxylation is 2. The SMILES string of the molecule is CCC(C(=O)NC1CCCCC1)N(Cc1ccc(OC)cc1)C(=O)COc1ccc(C)c(C)c1. The largest absolute Gasteiger partial charge is 0.497 e. The summed E-state index contributed by atoms with van der Waals surface area (Å²) in [5.74, 6) is 1.12. The number of carbonyl (C=O) groups excluding carboxylic acids is 2. The van der Waals surface area contributed by atoms with Crippen LogP contribution in [0.25, 0.3) is 0 Å². The van der Waals surface area contributed by atoms with Gasteiger partial charge in [-0.15, -0.1) is 0 Å². The predicted octanol–water partition coefficient (Wildman–Crippen LogP) is 4.95. The van der Waals surface area contributed by atoms with Gasteiger partial charge in [0.05, 0.1) is 7.11 Å². The highest BCUT2D eigenvalue weighted by Crippen LogP contribution is 2.21. The van der Waals surface area contributed by atoms with Gasteiger partial charge in [0, 0.05) is 12.6 Å². The van der Waals surface area contributed by atoms with Gasteiger partial charge < -0.3 is 19.7 Å². The zero-order valence-corrected chi connectivity index (χ0v) is 20.9. The van der Waals surface area contributed by atoms with Gasteiger partial charge in [-0.05, 0) is 74.1 Å². The van der Waals surface area contributed by atoms with Gasteiger partial charge in [0.2, 0.25) is 5.91 Å². The Balaban J connectivity index is 1.76. The van der Waals surface area contributed by atoms with Gasteiger partial charge in [0.15, 0.2) is 6.61 Å². The van der Waals surface area contributed by atoms with Gasteiger partial charge in [-0.25, -0.2) is 0 Å². The van der Waals surface area contributed by atoms with Crippen molar-refractivity contribution in [1.82, 2.24) is 10.2 Å². The zero-order valence-electron chi connectivity index (χ0n) is 20.9. The Morgan fingerprint density at radius 2 is 1.68 bits per heavy atom. The summed E-state index contributed by atoms with van der Waals surface area (Å²) in [6.45, 7) is 6.21. The van der Waals surface area contributed by atoms with Gasteiger partial charge >= 0.3 is 0 Å². The van der Waals surface area contributed by atoms with Crippen molar-refractivity contribution in [3.8, 4) is 11.5 Å². The van der Waals surface area contributed by atoms with E-state index in [-0.39, 0.29) is 24.5 Å². The molecule has 0 radical (unpaired) electrons. The van der Waals surface area contributed by atoms with E-state index < -0.39 is 6.04 Å². The Morgan fingerprint density at radius 3 is 2.29 bits per heavy atom. The highest BCUT2D eigenvalue weighted by molar-refractivity contribution is 5.88. The number of amides is 2. The van der Waals surface area contributed by atoms with Crippen molar-refractivity contribution >= 4 is 11.8 Å². The monoisotopic (exact) mass is 466 g/mol. The minimum atomic E-state index is -0.556. The Labute approximate surface area is 203 Å². The molecule has 1 aliphatic rings. The maximum Gasteiger partial charge on any atom is 0.261 e. The molecule has 2 aromatic carbocycles. The summed E-state index contributed by atoms with van der Waals surface area (Å²) in [4.78, 5) is 28.3. The maximum atomic E-state index is 13.4. The number of rotatable bonds is 10. The minimum absolute atomic E-state index is 0.0811. The second-order valence-electron chi connectivity index (χ2n) is 9.17. The Hall–Kier alpha value is -3.02. The Bertz CT molecular complexity index is 951. The van der Waals surface area contributed by atoms with Crippen molar-refractivity contribution in [3.05, 3.63) is 59.2 Å². The second kappa shape index (κ2) is 12.4. The number of carbonyl (C=O) groups is 2. The molecule has 0 spiro atoms. The quantitative estimate of drug-likeness (QED) is 0.538. The summed E-state index contributed by atoms with van der Waals surface area (Å²) < 4.78 is 11.1. The number of nitrogens with one attached hydrogen (secondary N) is 1. The van der Waals surface area contributed by atoms with Gasteiger partial charge in [-0.3, -0.25) is 9.59 Å². The van der Waals surface area contributed by atoms with Crippen molar-refractivity contribution in [2.45, 2.75) is 77.9 Å². The molecular weight excluding hydrogens is 428 g/mol. The van der Waals surface area contributed by atoms with Crippen LogP contribution in [0.3, 0.4) is 0 Å². The number of hydrogen-bond acceptors (Lipinski definition) is 4. The van der Waals surface area contributed by atoms with Gasteiger partial charge in [-0.2, -0.15) is 0 Å². The van der Waals surface area contributed by atoms with Crippen LogP contribution in [-0.4, -0.2) is 42.5 Å². The van der Waals surface area contributed by atoms with Crippen molar-refractivity contribution in [2.75, 3.05) is 13.7 Å². The lowest BCUT2D eigenvalue weighted by atomic mass is 9.95. The molecule has 0 heterocycles. The fourth-order valence-electron chi connectivity index (χ4n) is 4.42. The molecule has 1 atom stereocenters. The number of nitrogens with zero attached hydrogens (tertiary/aromatic N) is 1. The van der Waals surface area contributed by atoms with Crippen LogP contribution in [0.15, 0.2) is 42.5 Å². The average molecular weight is 467 g/mol. The number of methoxy groups -OCH3 is 1. The van der Waals surface area contributed by atoms with Crippen LogP contribution in [0.2, 0.25) is 0 Å². The predicted molar refractivity (Wildman–Crippen MR) is 134 cm³/mol. The van der Waals surface area contributed by atoms with E-state index >= 15 is 0 Å². The molecule has 0 bridgehead atoms. The fourth-order valence-corrected chi connectivity index (χ4v) is 4.42. The standard InChI is InChI=1S/C28H38N2O4/c1-5-26(28(32)29-23-9-7-6-8-10-23)30(18-22-12-15-24(33-4)16-13-22)27(31)19-34-25-14-11-20(2)21(3)17-25/h11-17,23,26H,5-10,18-19H2,1-4H3,(H,29,32). The number of hydrogen-bond donors (Lipinski definition) is 1. The molecule has 2 aromatic rings. The lowest BCUT2D eigenvalue weighted by Crippen LogP contribution is -2.52. The van der Waals surface area contributed by atoms with E-state index in [4.69, 9.17) is 9.47 Å². The molecule has 1 aliphatic carbocycles. The Kier molecular flexibility index (Phi) is 9.37. The zero-order chi connectivity index (χ0) is 24.5. The smallest absolute Gasteiger partial charge is 0.261 e. The van der Waals surface area contributed by atoms with Gasteiger partial charge in [0.1, 0.15) is 17.5 Å². The van der Waals surface area contributed by atoms with E-state index in [2.05, 4.69) is 5.32 Å².